The molecule has 0 amide bonds. The molecule has 2 heteroatoms. The van der Waals surface area contributed by atoms with Gasteiger partial charge in [-0.05, 0) is 107 Å². The molecule has 0 radical (unpaired) electrons. The van der Waals surface area contributed by atoms with Crippen LogP contribution in [-0.2, 0) is 0 Å². The second kappa shape index (κ2) is 5.58. The van der Waals surface area contributed by atoms with E-state index in [0.717, 1.165) is 35.8 Å². The molecule has 4 aliphatic carbocycles. The molecule has 0 aromatic heterocycles. The van der Waals surface area contributed by atoms with Gasteiger partial charge in [-0.1, -0.05) is 18.6 Å². The molecule has 0 unspecified atom stereocenters. The molecule has 1 saturated heterocycles. The molecule has 5 rings (SSSR count). The molecule has 1 N–H and O–H groups in total. The Hall–Kier alpha value is -0.340. The second-order valence-corrected chi connectivity index (χ2v) is 10.6. The van der Waals surface area contributed by atoms with E-state index >= 15 is 0 Å². The molecule has 0 aromatic carbocycles. The molecule has 0 aromatic rings. The summed E-state index contributed by atoms with van der Waals surface area (Å²) in [6.07, 6.45) is 14.3. The summed E-state index contributed by atoms with van der Waals surface area (Å²) in [5.41, 5.74) is 3.02. The molecule has 3 saturated carbocycles. The third-order valence-corrected chi connectivity index (χ3v) is 10.1. The van der Waals surface area contributed by atoms with Crippen molar-refractivity contribution in [2.45, 2.75) is 77.3 Å². The highest BCUT2D eigenvalue weighted by Crippen LogP contribution is 2.68. The largest absolute Gasteiger partial charge is 0.317 e. The van der Waals surface area contributed by atoms with Crippen molar-refractivity contribution < 1.29 is 0 Å². The van der Waals surface area contributed by atoms with Gasteiger partial charge in [0.05, 0.1) is 0 Å². The minimum Gasteiger partial charge on any atom is -0.317 e. The SMILES string of the molecule is CN[C@H]1CC[C@]2(C)C(=CC[C@H]3[C@H]4CC[C@H]5[C@H](C)N(C)C[C@@]45CC[C@@H]32)C1. The molecule has 5 aliphatic rings. The van der Waals surface area contributed by atoms with E-state index in [0.29, 0.717) is 10.8 Å². The summed E-state index contributed by atoms with van der Waals surface area (Å²) in [7, 11) is 4.54. The Bertz CT molecular complexity index is 583. The van der Waals surface area contributed by atoms with Gasteiger partial charge in [-0.3, -0.25) is 0 Å². The van der Waals surface area contributed by atoms with Gasteiger partial charge >= 0.3 is 0 Å². The summed E-state index contributed by atoms with van der Waals surface area (Å²) in [5.74, 6) is 3.96. The van der Waals surface area contributed by atoms with Gasteiger partial charge in [-0.25, -0.2) is 0 Å². The lowest BCUT2D eigenvalue weighted by Crippen LogP contribution is -2.52. The van der Waals surface area contributed by atoms with E-state index in [1.165, 1.54) is 57.9 Å². The summed E-state index contributed by atoms with van der Waals surface area (Å²) >= 11 is 0. The lowest BCUT2D eigenvalue weighted by atomic mass is 9.47. The molecule has 1 spiro atoms. The van der Waals surface area contributed by atoms with Crippen molar-refractivity contribution in [3.8, 4) is 0 Å². The molecule has 2 nitrogen and oxygen atoms in total. The van der Waals surface area contributed by atoms with Crippen molar-refractivity contribution in [3.05, 3.63) is 11.6 Å². The second-order valence-electron chi connectivity index (χ2n) is 10.6. The van der Waals surface area contributed by atoms with Crippen LogP contribution in [0.2, 0.25) is 0 Å². The molecule has 0 bridgehead atoms. The van der Waals surface area contributed by atoms with Gasteiger partial charge in [0.2, 0.25) is 0 Å². The average molecular weight is 343 g/mol. The summed E-state index contributed by atoms with van der Waals surface area (Å²) in [6, 6.07) is 1.55. The smallest absolute Gasteiger partial charge is 0.0102 e. The number of fused-ring (bicyclic) bond motifs is 4. The molecule has 4 fully saturated rings. The maximum Gasteiger partial charge on any atom is 0.0102 e. The standard InChI is InChI=1S/C23H38N2/c1-15-19-7-8-21-18-6-5-16-13-17(24-3)9-11-22(16,2)20(18)10-12-23(19,21)14-25(15)4/h5,15,17-21,24H,6-14H2,1-4H3/t15-,17-,18+,19-,20-,21+,22+,23+/m0/s1. The molecule has 8 atom stereocenters. The Morgan fingerprint density at radius 1 is 1.08 bits per heavy atom. The molecule has 1 heterocycles. The fourth-order valence-corrected chi connectivity index (χ4v) is 8.71. The highest BCUT2D eigenvalue weighted by Gasteiger charge is 2.63. The monoisotopic (exact) mass is 342 g/mol. The number of rotatable bonds is 1. The van der Waals surface area contributed by atoms with E-state index in [9.17, 15) is 0 Å². The zero-order chi connectivity index (χ0) is 17.4. The van der Waals surface area contributed by atoms with Crippen molar-refractivity contribution in [1.29, 1.82) is 0 Å². The van der Waals surface area contributed by atoms with Crippen LogP contribution >= 0.6 is 0 Å². The number of allylic oxidation sites excluding steroid dienone is 1. The first-order chi connectivity index (χ1) is 12.0. The summed E-state index contributed by atoms with van der Waals surface area (Å²) < 4.78 is 0. The van der Waals surface area contributed by atoms with Crippen LogP contribution in [0.15, 0.2) is 11.6 Å². The quantitative estimate of drug-likeness (QED) is 0.707. The van der Waals surface area contributed by atoms with E-state index in [4.69, 9.17) is 0 Å². The highest BCUT2D eigenvalue weighted by molar-refractivity contribution is 5.26. The van der Waals surface area contributed by atoms with Gasteiger partial charge in [-0.15, -0.1) is 0 Å². The normalized spacial score (nSPS) is 55.1. The molecule has 25 heavy (non-hydrogen) atoms. The fraction of sp³-hybridized carbons (Fsp3) is 0.913. The first kappa shape index (κ1) is 16.8. The van der Waals surface area contributed by atoms with Gasteiger partial charge in [0.1, 0.15) is 0 Å². The van der Waals surface area contributed by atoms with E-state index in [2.05, 4.69) is 44.2 Å². The van der Waals surface area contributed by atoms with Crippen molar-refractivity contribution >= 4 is 0 Å². The average Bonchev–Trinajstić information content (AvgIpc) is 3.09. The van der Waals surface area contributed by atoms with E-state index in [1.54, 1.807) is 0 Å². The lowest BCUT2D eigenvalue weighted by molar-refractivity contribution is -0.0403. The Labute approximate surface area is 154 Å². The van der Waals surface area contributed by atoms with Crippen LogP contribution in [-0.4, -0.2) is 37.6 Å². The Morgan fingerprint density at radius 2 is 1.88 bits per heavy atom. The number of hydrogen-bond acceptors (Lipinski definition) is 2. The predicted octanol–water partition coefficient (Wildman–Crippen LogP) is 4.47. The Kier molecular flexibility index (Phi) is 3.75. The van der Waals surface area contributed by atoms with E-state index < -0.39 is 0 Å². The zero-order valence-corrected chi connectivity index (χ0v) is 16.9. The summed E-state index contributed by atoms with van der Waals surface area (Å²) in [4.78, 5) is 2.70. The molecular weight excluding hydrogens is 304 g/mol. The Balaban J connectivity index is 1.47. The van der Waals surface area contributed by atoms with Crippen LogP contribution in [0.5, 0.6) is 0 Å². The maximum absolute atomic E-state index is 3.56. The van der Waals surface area contributed by atoms with Gasteiger partial charge in [0.25, 0.3) is 0 Å². The van der Waals surface area contributed by atoms with Crippen LogP contribution in [0.25, 0.3) is 0 Å². The first-order valence-electron chi connectivity index (χ1n) is 11.1. The van der Waals surface area contributed by atoms with Crippen LogP contribution in [0.4, 0.5) is 0 Å². The van der Waals surface area contributed by atoms with Gasteiger partial charge < -0.3 is 10.2 Å². The van der Waals surface area contributed by atoms with Crippen molar-refractivity contribution in [1.82, 2.24) is 10.2 Å². The van der Waals surface area contributed by atoms with Gasteiger partial charge in [0, 0.05) is 18.6 Å². The zero-order valence-electron chi connectivity index (χ0n) is 16.9. The van der Waals surface area contributed by atoms with E-state index in [1.807, 2.05) is 5.57 Å². The fourth-order valence-electron chi connectivity index (χ4n) is 8.71. The number of likely N-dealkylation sites (tertiary alicyclic amines) is 1. The van der Waals surface area contributed by atoms with Crippen molar-refractivity contribution in [3.63, 3.8) is 0 Å². The number of nitrogens with zero attached hydrogens (tertiary/aromatic N) is 1. The minimum atomic E-state index is 0.520. The van der Waals surface area contributed by atoms with E-state index in [-0.39, 0.29) is 0 Å². The lowest BCUT2D eigenvalue weighted by Gasteiger charge is -2.58. The molecule has 140 valence electrons. The highest BCUT2D eigenvalue weighted by atomic mass is 15.2. The summed E-state index contributed by atoms with van der Waals surface area (Å²) in [6.45, 7) is 6.55. The van der Waals surface area contributed by atoms with Crippen LogP contribution in [0, 0.1) is 34.5 Å². The van der Waals surface area contributed by atoms with Gasteiger partial charge in [-0.2, -0.15) is 0 Å². The third kappa shape index (κ3) is 2.10. The predicted molar refractivity (Wildman–Crippen MR) is 104 cm³/mol. The molecule has 1 aliphatic heterocycles. The maximum atomic E-state index is 3.56. The first-order valence-corrected chi connectivity index (χ1v) is 11.1. The van der Waals surface area contributed by atoms with Crippen LogP contribution in [0.3, 0.4) is 0 Å². The molecular formula is C23H38N2. The topological polar surface area (TPSA) is 15.3 Å². The van der Waals surface area contributed by atoms with Crippen LogP contribution < -0.4 is 5.32 Å². The van der Waals surface area contributed by atoms with Crippen LogP contribution in [0.1, 0.15) is 65.2 Å². The summed E-state index contributed by atoms with van der Waals surface area (Å²) in [5, 5.41) is 3.56. The van der Waals surface area contributed by atoms with Crippen molar-refractivity contribution in [2.24, 2.45) is 34.5 Å². The van der Waals surface area contributed by atoms with Gasteiger partial charge in [0.15, 0.2) is 0 Å². The van der Waals surface area contributed by atoms with Crippen molar-refractivity contribution in [2.75, 3.05) is 20.6 Å². The number of nitrogens with one attached hydrogen (secondary N) is 1. The third-order valence-electron chi connectivity index (χ3n) is 10.1. The minimum absolute atomic E-state index is 0.520. The Morgan fingerprint density at radius 3 is 2.68 bits per heavy atom. The number of hydrogen-bond donors (Lipinski definition) is 1.